The predicted octanol–water partition coefficient (Wildman–Crippen LogP) is 2.28. The Morgan fingerprint density at radius 3 is 2.55 bits per heavy atom. The van der Waals surface area contributed by atoms with Crippen molar-refractivity contribution < 1.29 is 31.1 Å². The summed E-state index contributed by atoms with van der Waals surface area (Å²) in [5, 5.41) is 0.269. The van der Waals surface area contributed by atoms with E-state index in [1.54, 1.807) is 6.92 Å². The number of halogens is 3. The predicted molar refractivity (Wildman–Crippen MR) is 107 cm³/mol. The number of nitrogens with one attached hydrogen (secondary N) is 1. The maximum Gasteiger partial charge on any atom is 0.408 e. The number of ether oxygens (including phenoxy) is 1. The normalized spacial score (nSPS) is 18.2. The molecule has 2 aliphatic heterocycles. The quantitative estimate of drug-likeness (QED) is 0.684. The lowest BCUT2D eigenvalue weighted by molar-refractivity contribution is -0.172. The summed E-state index contributed by atoms with van der Waals surface area (Å²) in [5.41, 5.74) is 6.68. The van der Waals surface area contributed by atoms with Gasteiger partial charge in [-0.2, -0.15) is 13.2 Å². The molecule has 3 heterocycles. The van der Waals surface area contributed by atoms with Crippen LogP contribution in [0, 0.1) is 6.92 Å². The monoisotopic (exact) mass is 476 g/mol. The highest BCUT2D eigenvalue weighted by molar-refractivity contribution is 7.89. The molecule has 1 amide bonds. The van der Waals surface area contributed by atoms with Crippen molar-refractivity contribution in [3.8, 4) is 10.4 Å². The SMILES string of the molecule is Cc1nc(N)sc1-c1cc2c(c(S(=O)(=O)NC3COC3)c1)C(=O)N(C(C)C(F)(F)F)C2. The molecule has 1 fully saturated rings. The van der Waals surface area contributed by atoms with Gasteiger partial charge < -0.3 is 15.4 Å². The van der Waals surface area contributed by atoms with Crippen LogP contribution in [0.3, 0.4) is 0 Å². The Kier molecular flexibility index (Phi) is 5.27. The number of nitrogen functional groups attached to an aromatic ring is 1. The lowest BCUT2D eigenvalue weighted by Crippen LogP contribution is -2.48. The van der Waals surface area contributed by atoms with Crippen molar-refractivity contribution >= 4 is 32.4 Å². The molecule has 13 heteroatoms. The molecule has 1 aromatic heterocycles. The minimum absolute atomic E-state index is 0.177. The molecule has 0 bridgehead atoms. The highest BCUT2D eigenvalue weighted by Crippen LogP contribution is 2.40. The number of anilines is 1. The zero-order chi connectivity index (χ0) is 22.7. The van der Waals surface area contributed by atoms with Crippen molar-refractivity contribution in [2.75, 3.05) is 18.9 Å². The lowest BCUT2D eigenvalue weighted by Gasteiger charge is -2.27. The van der Waals surface area contributed by atoms with Crippen molar-refractivity contribution in [3.63, 3.8) is 0 Å². The Hall–Kier alpha value is -2.22. The van der Waals surface area contributed by atoms with Crippen LogP contribution in [0.2, 0.25) is 0 Å². The lowest BCUT2D eigenvalue weighted by atomic mass is 10.0. The van der Waals surface area contributed by atoms with E-state index in [-0.39, 0.29) is 40.9 Å². The Morgan fingerprint density at radius 2 is 2.03 bits per heavy atom. The zero-order valence-corrected chi connectivity index (χ0v) is 18.1. The molecule has 4 rings (SSSR count). The zero-order valence-electron chi connectivity index (χ0n) is 16.5. The number of aryl methyl sites for hydroxylation is 1. The number of thiazole rings is 1. The summed E-state index contributed by atoms with van der Waals surface area (Å²) in [7, 11) is -4.21. The number of hydrogen-bond acceptors (Lipinski definition) is 7. The van der Waals surface area contributed by atoms with Gasteiger partial charge in [-0.1, -0.05) is 11.3 Å². The highest BCUT2D eigenvalue weighted by atomic mass is 32.2. The maximum absolute atomic E-state index is 13.3. The minimum atomic E-state index is -4.65. The minimum Gasteiger partial charge on any atom is -0.378 e. The summed E-state index contributed by atoms with van der Waals surface area (Å²) < 4.78 is 73.5. The van der Waals surface area contributed by atoms with Crippen molar-refractivity contribution in [2.24, 2.45) is 0 Å². The number of carbonyl (C=O) groups is 1. The summed E-state index contributed by atoms with van der Waals surface area (Å²) in [5.74, 6) is -0.975. The van der Waals surface area contributed by atoms with E-state index in [0.717, 1.165) is 18.3 Å². The number of nitrogens with two attached hydrogens (primary N) is 1. The summed E-state index contributed by atoms with van der Waals surface area (Å²) in [6, 6.07) is 0.286. The molecule has 1 atom stereocenters. The fourth-order valence-corrected chi connectivity index (χ4v) is 5.84. The van der Waals surface area contributed by atoms with Gasteiger partial charge in [0.15, 0.2) is 5.13 Å². The second-order valence-electron chi connectivity index (χ2n) is 7.48. The van der Waals surface area contributed by atoms with Crippen LogP contribution in [-0.2, 0) is 21.3 Å². The van der Waals surface area contributed by atoms with Crippen LogP contribution < -0.4 is 10.5 Å². The average Bonchev–Trinajstić information content (AvgIpc) is 3.15. The topological polar surface area (TPSA) is 115 Å². The van der Waals surface area contributed by atoms with Gasteiger partial charge in [-0.3, -0.25) is 4.79 Å². The third-order valence-corrected chi connectivity index (χ3v) is 7.85. The second kappa shape index (κ2) is 7.43. The van der Waals surface area contributed by atoms with Gasteiger partial charge in [0, 0.05) is 6.54 Å². The molecule has 8 nitrogen and oxygen atoms in total. The number of aromatic nitrogens is 1. The van der Waals surface area contributed by atoms with Crippen LogP contribution in [0.5, 0.6) is 0 Å². The number of carbonyl (C=O) groups excluding carboxylic acids is 1. The van der Waals surface area contributed by atoms with Crippen LogP contribution in [0.4, 0.5) is 18.3 Å². The van der Waals surface area contributed by atoms with Crippen LogP contribution in [0.15, 0.2) is 17.0 Å². The number of fused-ring (bicyclic) bond motifs is 1. The molecular formula is C18H19F3N4O4S2. The highest BCUT2D eigenvalue weighted by Gasteiger charge is 2.46. The third kappa shape index (κ3) is 3.90. The number of nitrogens with zero attached hydrogens (tertiary/aromatic N) is 2. The number of alkyl halides is 3. The molecule has 2 aliphatic rings. The molecule has 1 aromatic carbocycles. The van der Waals surface area contributed by atoms with Crippen LogP contribution >= 0.6 is 11.3 Å². The molecule has 0 saturated carbocycles. The summed E-state index contributed by atoms with van der Waals surface area (Å²) in [4.78, 5) is 17.9. The number of benzene rings is 1. The Morgan fingerprint density at radius 1 is 1.35 bits per heavy atom. The smallest absolute Gasteiger partial charge is 0.378 e. The number of sulfonamides is 1. The molecule has 168 valence electrons. The van der Waals surface area contributed by atoms with Gasteiger partial charge in [-0.05, 0) is 37.1 Å². The molecule has 0 radical (unpaired) electrons. The molecule has 0 aliphatic carbocycles. The summed E-state index contributed by atoms with van der Waals surface area (Å²) in [6.07, 6.45) is -4.65. The fourth-order valence-electron chi connectivity index (χ4n) is 3.54. The number of hydrogen-bond donors (Lipinski definition) is 2. The van der Waals surface area contributed by atoms with Gasteiger partial charge >= 0.3 is 6.18 Å². The Labute approximate surface area is 180 Å². The maximum atomic E-state index is 13.3. The standard InChI is InChI=1S/C18H19F3N4O4S2/c1-8-15(30-17(22)23-8)10-3-11-5-25(9(2)18(19,20)21)16(26)14(11)13(4-10)31(27,28)24-12-6-29-7-12/h3-4,9,12,24H,5-7H2,1-2H3,(H2,22,23). The number of rotatable bonds is 5. The van der Waals surface area contributed by atoms with E-state index in [9.17, 15) is 26.4 Å². The first-order valence-corrected chi connectivity index (χ1v) is 11.6. The van der Waals surface area contributed by atoms with E-state index >= 15 is 0 Å². The Bertz CT molecular complexity index is 1160. The number of amides is 1. The van der Waals surface area contributed by atoms with Crippen LogP contribution in [0.1, 0.15) is 28.5 Å². The molecule has 1 unspecified atom stereocenters. The molecule has 3 N–H and O–H groups in total. The molecule has 1 saturated heterocycles. The van der Waals surface area contributed by atoms with E-state index in [1.165, 1.54) is 12.1 Å². The van der Waals surface area contributed by atoms with Crippen molar-refractivity contribution in [1.29, 1.82) is 0 Å². The first-order chi connectivity index (χ1) is 14.4. The molecule has 0 spiro atoms. The van der Waals surface area contributed by atoms with E-state index in [4.69, 9.17) is 10.5 Å². The average molecular weight is 477 g/mol. The van der Waals surface area contributed by atoms with E-state index in [1.807, 2.05) is 0 Å². The van der Waals surface area contributed by atoms with E-state index < -0.39 is 34.2 Å². The first-order valence-electron chi connectivity index (χ1n) is 9.26. The van der Waals surface area contributed by atoms with Gasteiger partial charge in [-0.25, -0.2) is 18.1 Å². The van der Waals surface area contributed by atoms with Gasteiger partial charge in [-0.15, -0.1) is 0 Å². The van der Waals surface area contributed by atoms with E-state index in [2.05, 4.69) is 9.71 Å². The van der Waals surface area contributed by atoms with E-state index in [0.29, 0.717) is 21.0 Å². The second-order valence-corrected chi connectivity index (χ2v) is 10.2. The molecular weight excluding hydrogens is 457 g/mol. The van der Waals surface area contributed by atoms with Gasteiger partial charge in [0.05, 0.1) is 40.3 Å². The molecule has 31 heavy (non-hydrogen) atoms. The Balaban J connectivity index is 1.86. The first kappa shape index (κ1) is 22.0. The van der Waals surface area contributed by atoms with Crippen molar-refractivity contribution in [3.05, 3.63) is 29.0 Å². The third-order valence-electron chi connectivity index (χ3n) is 5.27. The van der Waals surface area contributed by atoms with Gasteiger partial charge in [0.1, 0.15) is 6.04 Å². The van der Waals surface area contributed by atoms with Gasteiger partial charge in [0.25, 0.3) is 5.91 Å². The summed E-state index contributed by atoms with van der Waals surface area (Å²) >= 11 is 1.13. The summed E-state index contributed by atoms with van der Waals surface area (Å²) in [6.45, 7) is 2.56. The van der Waals surface area contributed by atoms with Crippen LogP contribution in [-0.4, -0.2) is 55.7 Å². The fraction of sp³-hybridized carbons (Fsp3) is 0.444. The van der Waals surface area contributed by atoms with Crippen molar-refractivity contribution in [2.45, 2.75) is 43.5 Å². The largest absolute Gasteiger partial charge is 0.408 e. The van der Waals surface area contributed by atoms with Crippen molar-refractivity contribution in [1.82, 2.24) is 14.6 Å². The van der Waals surface area contributed by atoms with Crippen LogP contribution in [0.25, 0.3) is 10.4 Å². The van der Waals surface area contributed by atoms with Gasteiger partial charge in [0.2, 0.25) is 10.0 Å². The molecule has 2 aromatic rings.